The molecule has 3 heterocycles. The van der Waals surface area contributed by atoms with E-state index in [4.69, 9.17) is 0 Å². The van der Waals surface area contributed by atoms with Crippen molar-refractivity contribution in [2.75, 3.05) is 0 Å². The van der Waals surface area contributed by atoms with E-state index in [1.54, 1.807) is 0 Å². The van der Waals surface area contributed by atoms with Crippen LogP contribution in [0.4, 0.5) is 0 Å². The maximum absolute atomic E-state index is 14.0. The van der Waals surface area contributed by atoms with Gasteiger partial charge in [-0.1, -0.05) is 84.9 Å². The molecule has 9 rings (SSSR count). The molecule has 0 bridgehead atoms. The highest BCUT2D eigenvalue weighted by Gasteiger charge is 2.20. The van der Waals surface area contributed by atoms with E-state index in [1.807, 2.05) is 24.3 Å². The number of benzene rings is 6. The summed E-state index contributed by atoms with van der Waals surface area (Å²) >= 11 is 0. The van der Waals surface area contributed by atoms with E-state index in [1.165, 1.54) is 0 Å². The van der Waals surface area contributed by atoms with Crippen LogP contribution in [0.3, 0.4) is 0 Å². The maximum Gasteiger partial charge on any atom is 0.258 e. The number of rotatable bonds is 2. The molecule has 192 valence electrons. The first-order chi connectivity index (χ1) is 20.3. The van der Waals surface area contributed by atoms with Crippen molar-refractivity contribution in [1.29, 1.82) is 0 Å². The van der Waals surface area contributed by atoms with Crippen molar-refractivity contribution < 1.29 is 0 Å². The van der Waals surface area contributed by atoms with Crippen molar-refractivity contribution in [3.63, 3.8) is 0 Å². The number of H-pyrrole nitrogens is 1. The van der Waals surface area contributed by atoms with Crippen LogP contribution in [0.5, 0.6) is 0 Å². The standard InChI is InChI=1S/C37H23N3O/c41-37-35-27(19-20-28-25-15-7-10-18-33(25)40(36(28)35)24-13-5-2-6-14-24)29-22-34-30(21-31(29)38-37)26-16-8-9-17-32(26)39(34)23-11-3-1-4-12-23/h1-22H,(H,38,41). The largest absolute Gasteiger partial charge is 0.321 e. The molecule has 0 aliphatic rings. The first-order valence-electron chi connectivity index (χ1n) is 13.8. The average molecular weight is 526 g/mol. The predicted molar refractivity (Wildman–Crippen MR) is 171 cm³/mol. The number of hydrogen-bond acceptors (Lipinski definition) is 1. The second-order valence-corrected chi connectivity index (χ2v) is 10.6. The molecule has 0 spiro atoms. The van der Waals surface area contributed by atoms with E-state index >= 15 is 0 Å². The Kier molecular flexibility index (Phi) is 4.44. The fourth-order valence-electron chi connectivity index (χ4n) is 6.74. The van der Waals surface area contributed by atoms with Gasteiger partial charge in [0.25, 0.3) is 5.56 Å². The Hall–Kier alpha value is -5.61. The normalized spacial score (nSPS) is 12.0. The molecule has 4 nitrogen and oxygen atoms in total. The predicted octanol–water partition coefficient (Wildman–Crippen LogP) is 8.88. The molecule has 4 heteroatoms. The van der Waals surface area contributed by atoms with Gasteiger partial charge in [0.2, 0.25) is 0 Å². The lowest BCUT2D eigenvalue weighted by molar-refractivity contribution is 1.18. The summed E-state index contributed by atoms with van der Waals surface area (Å²) in [5.74, 6) is 0. The van der Waals surface area contributed by atoms with E-state index in [0.29, 0.717) is 5.39 Å². The van der Waals surface area contributed by atoms with Crippen LogP contribution in [0.1, 0.15) is 0 Å². The number of para-hydroxylation sites is 4. The topological polar surface area (TPSA) is 42.7 Å². The van der Waals surface area contributed by atoms with E-state index in [9.17, 15) is 4.79 Å². The van der Waals surface area contributed by atoms with Crippen LogP contribution in [0.15, 0.2) is 138 Å². The molecule has 0 aliphatic heterocycles. The van der Waals surface area contributed by atoms with Gasteiger partial charge < -0.3 is 14.1 Å². The molecule has 1 N–H and O–H groups in total. The third-order valence-electron chi connectivity index (χ3n) is 8.44. The number of aromatic amines is 1. The van der Waals surface area contributed by atoms with Crippen molar-refractivity contribution in [2.45, 2.75) is 0 Å². The van der Waals surface area contributed by atoms with Crippen molar-refractivity contribution in [3.8, 4) is 11.4 Å². The van der Waals surface area contributed by atoms with Crippen LogP contribution >= 0.6 is 0 Å². The molecule has 9 aromatic rings. The lowest BCUT2D eigenvalue weighted by Gasteiger charge is -2.12. The first-order valence-corrected chi connectivity index (χ1v) is 13.8. The fraction of sp³-hybridized carbons (Fsp3) is 0. The summed E-state index contributed by atoms with van der Waals surface area (Å²) < 4.78 is 4.55. The number of aromatic nitrogens is 3. The summed E-state index contributed by atoms with van der Waals surface area (Å²) in [5.41, 5.74) is 7.17. The van der Waals surface area contributed by atoms with Gasteiger partial charge in [-0.3, -0.25) is 4.79 Å². The second kappa shape index (κ2) is 8.20. The van der Waals surface area contributed by atoms with Gasteiger partial charge in [0.05, 0.1) is 27.5 Å². The van der Waals surface area contributed by atoms with Crippen molar-refractivity contribution in [2.24, 2.45) is 0 Å². The van der Waals surface area contributed by atoms with Crippen LogP contribution in [-0.2, 0) is 0 Å². The quantitative estimate of drug-likeness (QED) is 0.225. The number of fused-ring (bicyclic) bond motifs is 10. The van der Waals surface area contributed by atoms with Crippen LogP contribution in [0.25, 0.3) is 76.7 Å². The minimum absolute atomic E-state index is 0.0794. The Labute approximate surface area is 234 Å². The van der Waals surface area contributed by atoms with Crippen molar-refractivity contribution >= 4 is 65.3 Å². The van der Waals surface area contributed by atoms with E-state index in [0.717, 1.165) is 71.3 Å². The molecule has 0 fully saturated rings. The summed E-state index contributed by atoms with van der Waals surface area (Å²) in [6, 6.07) is 46.3. The minimum atomic E-state index is -0.0794. The molecule has 0 saturated heterocycles. The van der Waals surface area contributed by atoms with Gasteiger partial charge in [0, 0.05) is 43.8 Å². The van der Waals surface area contributed by atoms with Crippen LogP contribution in [0.2, 0.25) is 0 Å². The summed E-state index contributed by atoms with van der Waals surface area (Å²) in [5, 5.41) is 7.16. The number of pyridine rings is 1. The van der Waals surface area contributed by atoms with Gasteiger partial charge in [-0.25, -0.2) is 0 Å². The zero-order valence-electron chi connectivity index (χ0n) is 22.0. The molecule has 0 saturated carbocycles. The van der Waals surface area contributed by atoms with Crippen LogP contribution in [-0.4, -0.2) is 14.1 Å². The zero-order chi connectivity index (χ0) is 27.1. The number of nitrogens with zero attached hydrogens (tertiary/aromatic N) is 2. The Balaban J connectivity index is 1.49. The summed E-state index contributed by atoms with van der Waals surface area (Å²) in [6.07, 6.45) is 0. The molecule has 0 atom stereocenters. The van der Waals surface area contributed by atoms with E-state index in [-0.39, 0.29) is 5.56 Å². The lowest BCUT2D eigenvalue weighted by Crippen LogP contribution is -2.08. The monoisotopic (exact) mass is 525 g/mol. The van der Waals surface area contributed by atoms with Gasteiger partial charge in [-0.2, -0.15) is 0 Å². The number of hydrogen-bond donors (Lipinski definition) is 1. The smallest absolute Gasteiger partial charge is 0.258 e. The SMILES string of the molecule is O=c1[nH]c2cc3c4ccccc4n(-c4ccccc4)c3cc2c2ccc3c4ccccc4n(-c4ccccc4)c3c12. The van der Waals surface area contributed by atoms with Crippen molar-refractivity contribution in [3.05, 3.63) is 144 Å². The van der Waals surface area contributed by atoms with Crippen LogP contribution < -0.4 is 5.56 Å². The lowest BCUT2D eigenvalue weighted by atomic mass is 10.0. The molecule has 6 aromatic carbocycles. The van der Waals surface area contributed by atoms with Gasteiger partial charge in [-0.15, -0.1) is 0 Å². The maximum atomic E-state index is 14.0. The molecular weight excluding hydrogens is 502 g/mol. The first kappa shape index (κ1) is 22.2. The fourth-order valence-corrected chi connectivity index (χ4v) is 6.74. The van der Waals surface area contributed by atoms with Gasteiger partial charge in [0.1, 0.15) is 0 Å². The van der Waals surface area contributed by atoms with E-state index < -0.39 is 0 Å². The molecule has 3 aromatic heterocycles. The summed E-state index contributed by atoms with van der Waals surface area (Å²) in [4.78, 5) is 17.3. The zero-order valence-corrected chi connectivity index (χ0v) is 22.0. The highest BCUT2D eigenvalue weighted by atomic mass is 16.1. The molecular formula is C37H23N3O. The third-order valence-corrected chi connectivity index (χ3v) is 8.44. The van der Waals surface area contributed by atoms with Gasteiger partial charge >= 0.3 is 0 Å². The number of nitrogens with one attached hydrogen (secondary N) is 1. The Bertz CT molecular complexity index is 2530. The van der Waals surface area contributed by atoms with E-state index in [2.05, 4.69) is 123 Å². The molecule has 0 amide bonds. The second-order valence-electron chi connectivity index (χ2n) is 10.6. The Morgan fingerprint density at radius 3 is 1.71 bits per heavy atom. The molecule has 0 aliphatic carbocycles. The summed E-state index contributed by atoms with van der Waals surface area (Å²) in [7, 11) is 0. The average Bonchev–Trinajstić information content (AvgIpc) is 3.53. The van der Waals surface area contributed by atoms with Gasteiger partial charge in [-0.05, 0) is 53.9 Å². The highest BCUT2D eigenvalue weighted by molar-refractivity contribution is 6.24. The van der Waals surface area contributed by atoms with Crippen molar-refractivity contribution in [1.82, 2.24) is 14.1 Å². The molecule has 0 unspecified atom stereocenters. The summed E-state index contributed by atoms with van der Waals surface area (Å²) in [6.45, 7) is 0. The molecule has 0 radical (unpaired) electrons. The van der Waals surface area contributed by atoms with Crippen LogP contribution in [0, 0.1) is 0 Å². The Morgan fingerprint density at radius 1 is 0.439 bits per heavy atom. The minimum Gasteiger partial charge on any atom is -0.321 e. The van der Waals surface area contributed by atoms with Gasteiger partial charge in [0.15, 0.2) is 0 Å². The highest BCUT2D eigenvalue weighted by Crippen LogP contribution is 2.39. The third kappa shape index (κ3) is 3.02. The Morgan fingerprint density at radius 2 is 1.00 bits per heavy atom. The molecule has 41 heavy (non-hydrogen) atoms.